The minimum atomic E-state index is 2.00. The third-order valence-electron chi connectivity index (χ3n) is 0. The summed E-state index contributed by atoms with van der Waals surface area (Å²) in [5, 5.41) is 0. The average molecular weight is 128 g/mol. The Morgan fingerprint density at radius 3 is 0.667 bits per heavy atom. The molecule has 0 saturated heterocycles. The highest BCUT2D eigenvalue weighted by Crippen LogP contribution is 0.867. The average Bonchev–Trinajstić information content (AvgIpc) is 2.01. The van der Waals surface area contributed by atoms with Gasteiger partial charge in [0.2, 0.25) is 4.91 Å². The molecule has 0 fully saturated rings. The zero-order valence-corrected chi connectivity index (χ0v) is 5.69. The molecule has 0 amide bonds. The van der Waals surface area contributed by atoms with Gasteiger partial charge in [-0.15, -0.1) is 39.5 Å². The second kappa shape index (κ2) is 904. The van der Waals surface area contributed by atoms with Crippen LogP contribution < -0.4 is 4.91 Å². The van der Waals surface area contributed by atoms with E-state index in [0.717, 1.165) is 0 Å². The highest BCUT2D eigenvalue weighted by atomic mass is 15.0. The molecule has 9 heavy (non-hydrogen) atoms. The van der Waals surface area contributed by atoms with Gasteiger partial charge in [-0.05, 0) is 0 Å². The maximum atomic E-state index is 5.50. The minimum absolute atomic E-state index is 2.00. The van der Waals surface area contributed by atoms with Crippen LogP contribution in [0.1, 0.15) is 0 Å². The smallest absolute Gasteiger partial charge is 0.106 e. The topological polar surface area (TPSA) is 61.8 Å². The minimum Gasteiger partial charge on any atom is -0.106 e. The summed E-state index contributed by atoms with van der Waals surface area (Å²) in [5.41, 5.74) is 11.0. The Morgan fingerprint density at radius 2 is 0.667 bits per heavy atom. The maximum absolute atomic E-state index is 5.50. The Hall–Kier alpha value is -1.47. The summed E-state index contributed by atoms with van der Waals surface area (Å²) in [7, 11) is 0. The van der Waals surface area contributed by atoms with Crippen molar-refractivity contribution in [3.63, 3.8) is 0 Å². The van der Waals surface area contributed by atoms with Crippen molar-refractivity contribution >= 4 is 0 Å². The summed E-state index contributed by atoms with van der Waals surface area (Å²) >= 11 is 0. The van der Waals surface area contributed by atoms with Gasteiger partial charge in [0.25, 0.3) is 0 Å². The molecule has 0 aliphatic rings. The van der Waals surface area contributed by atoms with Crippen LogP contribution in [0.25, 0.3) is 0 Å². The lowest BCUT2D eigenvalue weighted by molar-refractivity contribution is 0.928. The van der Waals surface area contributed by atoms with Gasteiger partial charge in [-0.2, -0.15) is 0 Å². The molecule has 0 spiro atoms. The molecular formula is C6H14N3+. The van der Waals surface area contributed by atoms with E-state index in [9.17, 15) is 0 Å². The lowest BCUT2D eigenvalue weighted by Gasteiger charge is -0.844. The first-order valence-corrected chi connectivity index (χ1v) is 1.95. The van der Waals surface area contributed by atoms with Crippen LogP contribution in [0.2, 0.25) is 0 Å². The van der Waals surface area contributed by atoms with Gasteiger partial charge < -0.3 is 0 Å². The lowest BCUT2D eigenvalue weighted by atomic mass is 11.3. The molecule has 0 aromatic carbocycles. The quantitative estimate of drug-likeness (QED) is 0.286. The van der Waals surface area contributed by atoms with Crippen LogP contribution in [0.5, 0.6) is 0 Å². The highest BCUT2D eigenvalue weighted by Gasteiger charge is 1.16. The van der Waals surface area contributed by atoms with E-state index < -0.39 is 0 Å². The lowest BCUT2D eigenvalue weighted by Crippen LogP contribution is -1.24. The maximum Gasteiger partial charge on any atom is 0.211 e. The number of nitrogens with one attached hydrogen (secondary N) is 2. The van der Waals surface area contributed by atoms with Crippen molar-refractivity contribution in [3.8, 4) is 0 Å². The molecule has 0 unspecified atom stereocenters. The van der Waals surface area contributed by atoms with Crippen molar-refractivity contribution < 1.29 is 0 Å². The SMILES string of the molecule is C=C.C=C.C=C.N=[N+]=N. The summed E-state index contributed by atoms with van der Waals surface area (Å²) in [4.78, 5) is 2.00. The normalized spacial score (nSPS) is 2.22. The van der Waals surface area contributed by atoms with E-state index in [2.05, 4.69) is 39.5 Å². The standard InChI is InChI=1S/3C2H4.H2N3/c3*1-2;1-3-2/h3*1-2H2;1-2H/q;;;+1. The van der Waals surface area contributed by atoms with E-state index >= 15 is 0 Å². The van der Waals surface area contributed by atoms with Gasteiger partial charge in [0.1, 0.15) is 11.1 Å². The number of rotatable bonds is 0. The predicted molar refractivity (Wildman–Crippen MR) is 41.3 cm³/mol. The van der Waals surface area contributed by atoms with Gasteiger partial charge in [0.15, 0.2) is 0 Å². The Morgan fingerprint density at radius 1 is 0.667 bits per heavy atom. The Bertz CT molecular complexity index is 50.6. The summed E-state index contributed by atoms with van der Waals surface area (Å²) in [6.07, 6.45) is 0. The molecule has 0 aliphatic heterocycles. The van der Waals surface area contributed by atoms with Crippen molar-refractivity contribution in [1.29, 1.82) is 11.1 Å². The van der Waals surface area contributed by atoms with Crippen molar-refractivity contribution in [3.05, 3.63) is 39.5 Å². The number of nitrogens with zero attached hydrogens (tertiary/aromatic N) is 1. The highest BCUT2D eigenvalue weighted by molar-refractivity contribution is 4.22. The van der Waals surface area contributed by atoms with Crippen molar-refractivity contribution in [2.45, 2.75) is 0 Å². The van der Waals surface area contributed by atoms with Crippen LogP contribution in [-0.4, -0.2) is 0 Å². The fourth-order valence-corrected chi connectivity index (χ4v) is 0. The van der Waals surface area contributed by atoms with Crippen LogP contribution in [0.4, 0.5) is 0 Å². The molecule has 2 N–H and O–H groups in total. The first-order valence-electron chi connectivity index (χ1n) is 1.95. The molecule has 3 heteroatoms. The second-order valence-corrected chi connectivity index (χ2v) is 0.112. The van der Waals surface area contributed by atoms with Crippen LogP contribution >= 0.6 is 0 Å². The molecule has 0 aliphatic carbocycles. The van der Waals surface area contributed by atoms with Gasteiger partial charge in [-0.1, -0.05) is 0 Å². The van der Waals surface area contributed by atoms with Crippen LogP contribution in [0.15, 0.2) is 39.5 Å². The summed E-state index contributed by atoms with van der Waals surface area (Å²) in [6, 6.07) is 0. The molecule has 0 atom stereocenters. The van der Waals surface area contributed by atoms with E-state index in [1.54, 1.807) is 0 Å². The Balaban J connectivity index is -0.0000000190. The predicted octanol–water partition coefficient (Wildman–Crippen LogP) is 2.52. The third-order valence-corrected chi connectivity index (χ3v) is 0. The van der Waals surface area contributed by atoms with Crippen molar-refractivity contribution in [2.24, 2.45) is 0 Å². The molecule has 0 bridgehead atoms. The molecule has 0 saturated carbocycles. The zero-order valence-electron chi connectivity index (χ0n) is 5.69. The van der Waals surface area contributed by atoms with E-state index in [0.29, 0.717) is 0 Å². The number of hydrogen-bond acceptors (Lipinski definition) is 2. The summed E-state index contributed by atoms with van der Waals surface area (Å²) in [6.45, 7) is 18.0. The third kappa shape index (κ3) is 62.0. The summed E-state index contributed by atoms with van der Waals surface area (Å²) in [5.74, 6) is 0. The molecule has 0 aromatic rings. The first-order chi connectivity index (χ1) is 4.41. The van der Waals surface area contributed by atoms with Gasteiger partial charge in [-0.25, -0.2) is 0 Å². The van der Waals surface area contributed by atoms with Gasteiger partial charge in [-0.3, -0.25) is 0 Å². The Labute approximate surface area is 56.4 Å². The van der Waals surface area contributed by atoms with Gasteiger partial charge in [0, 0.05) is 0 Å². The van der Waals surface area contributed by atoms with Crippen molar-refractivity contribution in [2.75, 3.05) is 0 Å². The first kappa shape index (κ1) is 25.8. The van der Waals surface area contributed by atoms with Crippen LogP contribution in [-0.2, 0) is 0 Å². The monoisotopic (exact) mass is 128 g/mol. The van der Waals surface area contributed by atoms with E-state index in [1.165, 1.54) is 0 Å². The van der Waals surface area contributed by atoms with Crippen LogP contribution in [0, 0.1) is 11.1 Å². The molecular weight excluding hydrogens is 114 g/mol. The largest absolute Gasteiger partial charge is 0.211 e. The van der Waals surface area contributed by atoms with Gasteiger partial charge in [0.05, 0.1) is 0 Å². The Kier molecular flexibility index (Phi) is 2590. The molecule has 0 aromatic heterocycles. The van der Waals surface area contributed by atoms with Crippen molar-refractivity contribution in [1.82, 2.24) is 4.91 Å². The second-order valence-electron chi connectivity index (χ2n) is 0.112. The van der Waals surface area contributed by atoms with E-state index in [1.807, 2.05) is 4.91 Å². The molecule has 3 nitrogen and oxygen atoms in total. The molecule has 52 valence electrons. The fourth-order valence-electron chi connectivity index (χ4n) is 0. The van der Waals surface area contributed by atoms with Gasteiger partial charge >= 0.3 is 0 Å². The molecule has 0 heterocycles. The number of hydrogen-bond donors (Lipinski definition) is 2. The van der Waals surface area contributed by atoms with Crippen LogP contribution in [0.3, 0.4) is 0 Å². The summed E-state index contributed by atoms with van der Waals surface area (Å²) < 4.78 is 0. The van der Waals surface area contributed by atoms with E-state index in [4.69, 9.17) is 11.1 Å². The van der Waals surface area contributed by atoms with E-state index in [-0.39, 0.29) is 0 Å². The molecule has 0 radical (unpaired) electrons. The molecule has 0 rings (SSSR count). The zero-order chi connectivity index (χ0) is 8.71. The fraction of sp³-hybridized carbons (Fsp3) is 0.